The number of carbonyl (C=O) groups excluding carboxylic acids is 2. The number of alkyl halides is 3. The van der Waals surface area contributed by atoms with Crippen LogP contribution in [0.4, 0.5) is 13.2 Å². The van der Waals surface area contributed by atoms with E-state index in [2.05, 4.69) is 5.32 Å². The Balaban J connectivity index is 1.53. The van der Waals surface area contributed by atoms with Crippen molar-refractivity contribution in [2.45, 2.75) is 18.8 Å². The fourth-order valence-corrected chi connectivity index (χ4v) is 4.62. The molecule has 1 aliphatic heterocycles. The van der Waals surface area contributed by atoms with Gasteiger partial charge < -0.3 is 14.8 Å². The minimum atomic E-state index is -4.40. The number of benzene rings is 2. The molecular weight excluding hydrogens is 515 g/mol. The molecular formula is C24H28F3N3O6S. The van der Waals surface area contributed by atoms with Gasteiger partial charge in [-0.05, 0) is 42.0 Å². The maximum absolute atomic E-state index is 12.7. The first-order chi connectivity index (χ1) is 17.4. The van der Waals surface area contributed by atoms with Gasteiger partial charge in [0.15, 0.2) is 0 Å². The Morgan fingerprint density at radius 1 is 1.00 bits per heavy atom. The molecule has 13 heteroatoms. The van der Waals surface area contributed by atoms with Crippen LogP contribution in [0.25, 0.3) is 0 Å². The third-order valence-corrected chi connectivity index (χ3v) is 7.22. The fourth-order valence-electron chi connectivity index (χ4n) is 3.80. The molecule has 0 spiro atoms. The maximum Gasteiger partial charge on any atom is 0.416 e. The molecule has 2 aromatic carbocycles. The van der Waals surface area contributed by atoms with Crippen LogP contribution < -0.4 is 10.1 Å². The van der Waals surface area contributed by atoms with Gasteiger partial charge in [-0.25, -0.2) is 8.42 Å². The monoisotopic (exact) mass is 543 g/mol. The number of carbonyl (C=O) groups is 2. The Morgan fingerprint density at radius 2 is 1.59 bits per heavy atom. The Labute approximate surface area is 213 Å². The third kappa shape index (κ3) is 7.91. The highest BCUT2D eigenvalue weighted by molar-refractivity contribution is 7.88. The Morgan fingerprint density at radius 3 is 2.11 bits per heavy atom. The predicted octanol–water partition coefficient (Wildman–Crippen LogP) is 2.13. The normalized spacial score (nSPS) is 16.1. The van der Waals surface area contributed by atoms with Crippen molar-refractivity contribution in [1.29, 1.82) is 0 Å². The van der Waals surface area contributed by atoms with Crippen LogP contribution in [0.1, 0.15) is 21.5 Å². The Hall–Kier alpha value is -3.16. The van der Waals surface area contributed by atoms with Gasteiger partial charge in [0.1, 0.15) is 18.4 Å². The van der Waals surface area contributed by atoms with Gasteiger partial charge in [0.25, 0.3) is 5.91 Å². The summed E-state index contributed by atoms with van der Waals surface area (Å²) in [5.41, 5.74) is 0.130. The van der Waals surface area contributed by atoms with E-state index < -0.39 is 39.7 Å². The summed E-state index contributed by atoms with van der Waals surface area (Å²) < 4.78 is 73.2. The van der Waals surface area contributed by atoms with E-state index in [-0.39, 0.29) is 26.2 Å². The van der Waals surface area contributed by atoms with Crippen LogP contribution in [0.2, 0.25) is 0 Å². The van der Waals surface area contributed by atoms with Crippen LogP contribution in [-0.2, 0) is 32.3 Å². The number of piperazine rings is 1. The number of methoxy groups -OCH3 is 1. The van der Waals surface area contributed by atoms with Gasteiger partial charge in [-0.2, -0.15) is 17.5 Å². The van der Waals surface area contributed by atoms with Gasteiger partial charge in [-0.3, -0.25) is 14.5 Å². The second-order valence-corrected chi connectivity index (χ2v) is 10.4. The molecule has 1 amide bonds. The van der Waals surface area contributed by atoms with Crippen LogP contribution in [0.3, 0.4) is 0 Å². The van der Waals surface area contributed by atoms with Crippen molar-refractivity contribution in [2.75, 3.05) is 46.1 Å². The molecule has 0 radical (unpaired) electrons. The second-order valence-electron chi connectivity index (χ2n) is 8.45. The summed E-state index contributed by atoms with van der Waals surface area (Å²) >= 11 is 0. The molecule has 1 N–H and O–H groups in total. The smallest absolute Gasteiger partial charge is 0.416 e. The van der Waals surface area contributed by atoms with E-state index >= 15 is 0 Å². The number of amides is 1. The lowest BCUT2D eigenvalue weighted by Gasteiger charge is -2.37. The first kappa shape index (κ1) is 28.4. The molecule has 37 heavy (non-hydrogen) atoms. The van der Waals surface area contributed by atoms with Crippen molar-refractivity contribution in [1.82, 2.24) is 14.5 Å². The van der Waals surface area contributed by atoms with E-state index in [1.807, 2.05) is 0 Å². The van der Waals surface area contributed by atoms with Crippen LogP contribution >= 0.6 is 0 Å². The molecule has 1 heterocycles. The highest BCUT2D eigenvalue weighted by Gasteiger charge is 2.32. The van der Waals surface area contributed by atoms with Crippen molar-refractivity contribution < 1.29 is 40.7 Å². The zero-order valence-electron chi connectivity index (χ0n) is 20.3. The molecule has 0 unspecified atom stereocenters. The van der Waals surface area contributed by atoms with Crippen molar-refractivity contribution in [3.63, 3.8) is 0 Å². The van der Waals surface area contributed by atoms with Gasteiger partial charge >= 0.3 is 12.1 Å². The first-order valence-electron chi connectivity index (χ1n) is 11.3. The molecule has 0 saturated carbocycles. The van der Waals surface area contributed by atoms with E-state index in [4.69, 9.17) is 9.47 Å². The third-order valence-electron chi connectivity index (χ3n) is 5.92. The summed E-state index contributed by atoms with van der Waals surface area (Å²) in [5, 5.41) is 2.70. The second kappa shape index (κ2) is 11.9. The molecule has 1 fully saturated rings. The molecule has 0 aliphatic carbocycles. The Bertz CT molecular complexity index is 1180. The number of hydrogen-bond donors (Lipinski definition) is 1. The van der Waals surface area contributed by atoms with Gasteiger partial charge in [0.2, 0.25) is 10.0 Å². The summed E-state index contributed by atoms with van der Waals surface area (Å²) in [7, 11) is -2.08. The molecule has 2 aromatic rings. The zero-order chi connectivity index (χ0) is 27.2. The van der Waals surface area contributed by atoms with E-state index in [1.165, 1.54) is 35.7 Å². The highest BCUT2D eigenvalue weighted by Crippen LogP contribution is 2.29. The number of sulfonamides is 1. The minimum Gasteiger partial charge on any atom is -0.489 e. The lowest BCUT2D eigenvalue weighted by molar-refractivity contribution is -0.147. The number of ether oxygens (including phenoxy) is 2. The summed E-state index contributed by atoms with van der Waals surface area (Å²) in [6, 6.07) is 10.0. The number of esters is 1. The van der Waals surface area contributed by atoms with E-state index in [1.54, 1.807) is 17.0 Å². The van der Waals surface area contributed by atoms with Crippen LogP contribution in [-0.4, -0.2) is 81.6 Å². The topological polar surface area (TPSA) is 105 Å². The van der Waals surface area contributed by atoms with Crippen LogP contribution in [0, 0.1) is 0 Å². The predicted molar refractivity (Wildman–Crippen MR) is 128 cm³/mol. The van der Waals surface area contributed by atoms with Crippen molar-refractivity contribution in [3.05, 3.63) is 65.2 Å². The van der Waals surface area contributed by atoms with E-state index in [0.29, 0.717) is 30.0 Å². The number of hydrogen-bond acceptors (Lipinski definition) is 7. The summed E-state index contributed by atoms with van der Waals surface area (Å²) in [6.07, 6.45) is -3.27. The lowest BCUT2D eigenvalue weighted by atomic mass is 10.1. The van der Waals surface area contributed by atoms with Crippen molar-refractivity contribution in [2.24, 2.45) is 0 Å². The molecule has 0 bridgehead atoms. The quantitative estimate of drug-likeness (QED) is 0.483. The standard InChI is InChI=1S/C24H28F3N3O6S/c1-35-23(32)21(29-11-13-30(14-12-29)37(2,33)34)15-28-22(31)18-5-9-20(10-6-18)36-16-17-3-7-19(8-4-17)24(25,26)27/h3-10,21H,11-16H2,1-2H3,(H,28,31)/t21-/m0/s1. The molecule has 1 atom stereocenters. The molecule has 1 saturated heterocycles. The number of nitrogens with zero attached hydrogens (tertiary/aromatic N) is 2. The molecule has 3 rings (SSSR count). The first-order valence-corrected chi connectivity index (χ1v) is 13.2. The molecule has 9 nitrogen and oxygen atoms in total. The van der Waals surface area contributed by atoms with Crippen molar-refractivity contribution in [3.8, 4) is 5.75 Å². The van der Waals surface area contributed by atoms with Gasteiger partial charge in [-0.1, -0.05) is 12.1 Å². The summed E-state index contributed by atoms with van der Waals surface area (Å²) in [6.45, 7) is 1.11. The zero-order valence-corrected chi connectivity index (χ0v) is 21.1. The minimum absolute atomic E-state index is 0.0312. The highest BCUT2D eigenvalue weighted by atomic mass is 32.2. The van der Waals surface area contributed by atoms with E-state index in [9.17, 15) is 31.2 Å². The SMILES string of the molecule is COC(=O)[C@H](CNC(=O)c1ccc(OCc2ccc(C(F)(F)F)cc2)cc1)N1CCN(S(C)(=O)=O)CC1. The number of halogens is 3. The number of nitrogens with one attached hydrogen (secondary N) is 1. The average Bonchev–Trinajstić information content (AvgIpc) is 2.87. The lowest BCUT2D eigenvalue weighted by Crippen LogP contribution is -2.57. The van der Waals surface area contributed by atoms with Crippen molar-refractivity contribution >= 4 is 21.9 Å². The van der Waals surface area contributed by atoms with Crippen LogP contribution in [0.5, 0.6) is 5.75 Å². The van der Waals surface area contributed by atoms with E-state index in [0.717, 1.165) is 18.4 Å². The summed E-state index contributed by atoms with van der Waals surface area (Å²) in [4.78, 5) is 26.7. The fraction of sp³-hybridized carbons (Fsp3) is 0.417. The summed E-state index contributed by atoms with van der Waals surface area (Å²) in [5.74, 6) is -0.550. The number of rotatable bonds is 9. The average molecular weight is 544 g/mol. The maximum atomic E-state index is 12.7. The van der Waals surface area contributed by atoms with Gasteiger partial charge in [0, 0.05) is 38.3 Å². The van der Waals surface area contributed by atoms with Gasteiger partial charge in [0.05, 0.1) is 18.9 Å². The van der Waals surface area contributed by atoms with Gasteiger partial charge in [-0.15, -0.1) is 0 Å². The molecule has 1 aliphatic rings. The Kier molecular flexibility index (Phi) is 9.16. The molecule has 0 aromatic heterocycles. The largest absolute Gasteiger partial charge is 0.489 e. The molecule has 202 valence electrons. The van der Waals surface area contributed by atoms with Crippen LogP contribution in [0.15, 0.2) is 48.5 Å².